The molecule has 1 aliphatic rings. The Kier molecular flexibility index (Phi) is 9.03. The van der Waals surface area contributed by atoms with Gasteiger partial charge in [-0.2, -0.15) is 0 Å². The van der Waals surface area contributed by atoms with Crippen molar-refractivity contribution in [2.75, 3.05) is 13.2 Å². The summed E-state index contributed by atoms with van der Waals surface area (Å²) < 4.78 is 25.0. The van der Waals surface area contributed by atoms with Crippen molar-refractivity contribution in [3.8, 4) is 11.5 Å². The molecule has 0 N–H and O–H groups in total. The van der Waals surface area contributed by atoms with Gasteiger partial charge in [-0.1, -0.05) is 40.9 Å². The Hall–Kier alpha value is -2.71. The molecule has 192 valence electrons. The van der Waals surface area contributed by atoms with Crippen molar-refractivity contribution >= 4 is 69.4 Å². The molecule has 37 heavy (non-hydrogen) atoms. The Morgan fingerprint density at radius 2 is 1.76 bits per heavy atom. The van der Waals surface area contributed by atoms with Crippen molar-refractivity contribution in [3.63, 3.8) is 0 Å². The molecule has 0 radical (unpaired) electrons. The van der Waals surface area contributed by atoms with Crippen molar-refractivity contribution in [2.24, 2.45) is 4.99 Å². The first kappa shape index (κ1) is 27.3. The second-order valence-electron chi connectivity index (χ2n) is 7.82. The molecular weight excluding hydrogens is 558 g/mol. The lowest BCUT2D eigenvalue weighted by Crippen LogP contribution is -2.28. The van der Waals surface area contributed by atoms with E-state index in [0.29, 0.717) is 61.0 Å². The zero-order chi connectivity index (χ0) is 26.5. The number of ether oxygens (including phenoxy) is 2. The van der Waals surface area contributed by atoms with Gasteiger partial charge in [-0.3, -0.25) is 9.69 Å². The molecule has 4 rings (SSSR count). The number of benzene rings is 3. The summed E-state index contributed by atoms with van der Waals surface area (Å²) in [6.07, 6.45) is 1.73. The summed E-state index contributed by atoms with van der Waals surface area (Å²) in [5.41, 5.74) is 1.97. The monoisotopic (exact) mass is 578 g/mol. The van der Waals surface area contributed by atoms with E-state index in [9.17, 15) is 9.18 Å². The average Bonchev–Trinajstić information content (AvgIpc) is 3.14. The molecule has 3 aromatic carbocycles. The normalized spacial score (nSPS) is 15.6. The third-order valence-corrected chi connectivity index (χ3v) is 7.15. The fraction of sp³-hybridized carbons (Fsp3) is 0.185. The molecule has 0 aliphatic carbocycles. The molecule has 10 heteroatoms. The van der Waals surface area contributed by atoms with Crippen LogP contribution in [0.15, 0.2) is 64.5 Å². The number of halogens is 4. The van der Waals surface area contributed by atoms with E-state index in [-0.39, 0.29) is 18.3 Å². The summed E-state index contributed by atoms with van der Waals surface area (Å²) in [6, 6.07) is 14.4. The molecule has 0 unspecified atom stereocenters. The van der Waals surface area contributed by atoms with Gasteiger partial charge < -0.3 is 9.47 Å². The number of hydrogen-bond donors (Lipinski definition) is 0. The van der Waals surface area contributed by atoms with E-state index >= 15 is 0 Å². The molecule has 3 aromatic rings. The van der Waals surface area contributed by atoms with Gasteiger partial charge in [0.1, 0.15) is 12.4 Å². The number of nitrogens with zero attached hydrogens (tertiary/aromatic N) is 2. The standard InChI is InChI=1S/C27H22Cl3FN2O3S/c1-3-33-26(34)24(37-27(33)32-20-9-7-19(31)8-10-20)13-16-11-22(30)25(23(12-16)35-4-2)36-15-17-5-6-18(28)14-21(17)29/h5-14H,3-4,15H2,1-2H3/b24-13+,32-27?. The van der Waals surface area contributed by atoms with E-state index in [1.807, 2.05) is 13.8 Å². The molecule has 0 bridgehead atoms. The average molecular weight is 580 g/mol. The summed E-state index contributed by atoms with van der Waals surface area (Å²) in [7, 11) is 0. The van der Waals surface area contributed by atoms with Crippen molar-refractivity contribution in [1.29, 1.82) is 0 Å². The first-order valence-corrected chi connectivity index (χ1v) is 13.3. The Bertz CT molecular complexity index is 1380. The van der Waals surface area contributed by atoms with Gasteiger partial charge in [-0.05, 0) is 85.8 Å². The van der Waals surface area contributed by atoms with E-state index in [4.69, 9.17) is 44.3 Å². The van der Waals surface area contributed by atoms with Gasteiger partial charge in [0.05, 0.1) is 22.2 Å². The fourth-order valence-corrected chi connectivity index (χ4v) is 5.31. The molecule has 1 amide bonds. The van der Waals surface area contributed by atoms with Gasteiger partial charge in [0.25, 0.3) is 5.91 Å². The number of amides is 1. The molecule has 0 saturated carbocycles. The quantitative estimate of drug-likeness (QED) is 0.252. The van der Waals surface area contributed by atoms with Crippen LogP contribution < -0.4 is 9.47 Å². The van der Waals surface area contributed by atoms with Crippen molar-refractivity contribution in [1.82, 2.24) is 4.90 Å². The second kappa shape index (κ2) is 12.2. The lowest BCUT2D eigenvalue weighted by atomic mass is 10.1. The molecule has 1 saturated heterocycles. The molecule has 0 atom stereocenters. The van der Waals surface area contributed by atoms with E-state index < -0.39 is 0 Å². The highest BCUT2D eigenvalue weighted by Gasteiger charge is 2.32. The molecule has 1 heterocycles. The zero-order valence-corrected chi connectivity index (χ0v) is 23.0. The fourth-order valence-electron chi connectivity index (χ4n) is 3.51. The number of hydrogen-bond acceptors (Lipinski definition) is 5. The van der Waals surface area contributed by atoms with Crippen LogP contribution in [0.25, 0.3) is 6.08 Å². The summed E-state index contributed by atoms with van der Waals surface area (Å²) in [5, 5.41) is 1.86. The van der Waals surface area contributed by atoms with Crippen LogP contribution >= 0.6 is 46.6 Å². The molecular formula is C27H22Cl3FN2O3S. The van der Waals surface area contributed by atoms with Crippen LogP contribution in [-0.2, 0) is 11.4 Å². The lowest BCUT2D eigenvalue weighted by Gasteiger charge is -2.15. The molecule has 1 aliphatic heterocycles. The van der Waals surface area contributed by atoms with Crippen LogP contribution in [0, 0.1) is 5.82 Å². The van der Waals surface area contributed by atoms with Crippen LogP contribution in [-0.4, -0.2) is 29.1 Å². The minimum atomic E-state index is -0.349. The van der Waals surface area contributed by atoms with Crippen LogP contribution in [0.5, 0.6) is 11.5 Å². The molecule has 1 fully saturated rings. The largest absolute Gasteiger partial charge is 0.490 e. The number of thioether (sulfide) groups is 1. The minimum Gasteiger partial charge on any atom is -0.490 e. The summed E-state index contributed by atoms with van der Waals surface area (Å²) in [5.74, 6) is 0.281. The Balaban J connectivity index is 1.61. The minimum absolute atomic E-state index is 0.166. The topological polar surface area (TPSA) is 51.1 Å². The Morgan fingerprint density at radius 3 is 2.43 bits per heavy atom. The van der Waals surface area contributed by atoms with E-state index in [1.54, 1.807) is 53.4 Å². The third-order valence-electron chi connectivity index (χ3n) is 5.27. The number of carbonyl (C=O) groups is 1. The van der Waals surface area contributed by atoms with Crippen molar-refractivity contribution in [2.45, 2.75) is 20.5 Å². The maximum absolute atomic E-state index is 13.3. The zero-order valence-electron chi connectivity index (χ0n) is 19.9. The lowest BCUT2D eigenvalue weighted by molar-refractivity contribution is -0.122. The van der Waals surface area contributed by atoms with Gasteiger partial charge in [-0.15, -0.1) is 0 Å². The van der Waals surface area contributed by atoms with Crippen LogP contribution in [0.2, 0.25) is 15.1 Å². The molecule has 0 aromatic heterocycles. The highest BCUT2D eigenvalue weighted by molar-refractivity contribution is 8.18. The smallest absolute Gasteiger partial charge is 0.266 e. The number of carbonyl (C=O) groups excluding carboxylic acids is 1. The third kappa shape index (κ3) is 6.60. The van der Waals surface area contributed by atoms with Crippen molar-refractivity contribution < 1.29 is 18.7 Å². The van der Waals surface area contributed by atoms with Crippen LogP contribution in [0.4, 0.5) is 10.1 Å². The predicted molar refractivity (Wildman–Crippen MR) is 150 cm³/mol. The van der Waals surface area contributed by atoms with Crippen LogP contribution in [0.1, 0.15) is 25.0 Å². The number of aliphatic imine (C=N–C) groups is 1. The van der Waals surface area contributed by atoms with Crippen LogP contribution in [0.3, 0.4) is 0 Å². The molecule has 0 spiro atoms. The van der Waals surface area contributed by atoms with E-state index in [2.05, 4.69) is 4.99 Å². The first-order chi connectivity index (χ1) is 17.8. The highest BCUT2D eigenvalue weighted by atomic mass is 35.5. The number of rotatable bonds is 8. The molecule has 5 nitrogen and oxygen atoms in total. The van der Waals surface area contributed by atoms with Crippen molar-refractivity contribution in [3.05, 3.63) is 91.5 Å². The summed E-state index contributed by atoms with van der Waals surface area (Å²) >= 11 is 20.1. The summed E-state index contributed by atoms with van der Waals surface area (Å²) in [6.45, 7) is 4.71. The van der Waals surface area contributed by atoms with Gasteiger partial charge in [0.15, 0.2) is 16.7 Å². The maximum Gasteiger partial charge on any atom is 0.266 e. The maximum atomic E-state index is 13.3. The second-order valence-corrected chi connectivity index (χ2v) is 10.1. The highest BCUT2D eigenvalue weighted by Crippen LogP contribution is 2.40. The predicted octanol–water partition coefficient (Wildman–Crippen LogP) is 8.39. The SMILES string of the molecule is CCOc1cc(/C=C2/SC(=Nc3ccc(F)cc3)N(CC)C2=O)cc(Cl)c1OCc1ccc(Cl)cc1Cl. The van der Waals surface area contributed by atoms with Gasteiger partial charge in [0, 0.05) is 22.2 Å². The first-order valence-electron chi connectivity index (χ1n) is 11.4. The Labute approximate surface area is 233 Å². The van der Waals surface area contributed by atoms with Gasteiger partial charge in [-0.25, -0.2) is 9.38 Å². The number of likely N-dealkylation sites (N-methyl/N-ethyl adjacent to an activating group) is 1. The Morgan fingerprint density at radius 1 is 1.00 bits per heavy atom. The van der Waals surface area contributed by atoms with E-state index in [0.717, 1.165) is 5.56 Å². The van der Waals surface area contributed by atoms with Gasteiger partial charge >= 0.3 is 0 Å². The van der Waals surface area contributed by atoms with E-state index in [1.165, 1.54) is 23.9 Å². The number of amidine groups is 1. The summed E-state index contributed by atoms with van der Waals surface area (Å²) in [4.78, 5) is 19.6. The van der Waals surface area contributed by atoms with Gasteiger partial charge in [0.2, 0.25) is 0 Å².